The van der Waals surface area contributed by atoms with Gasteiger partial charge in [0, 0.05) is 13.2 Å². The van der Waals surface area contributed by atoms with Gasteiger partial charge in [-0.1, -0.05) is 51.4 Å². The first-order valence-electron chi connectivity index (χ1n) is 13.7. The summed E-state index contributed by atoms with van der Waals surface area (Å²) in [6.45, 7) is 2.84. The predicted octanol–water partition coefficient (Wildman–Crippen LogP) is 3.98. The topological polar surface area (TPSA) is 112 Å². The third kappa shape index (κ3) is 20.6. The van der Waals surface area contributed by atoms with Gasteiger partial charge in [-0.2, -0.15) is 0 Å². The van der Waals surface area contributed by atoms with E-state index in [-0.39, 0.29) is 26.1 Å². The van der Waals surface area contributed by atoms with Gasteiger partial charge in [-0.3, -0.25) is 4.57 Å². The highest BCUT2D eigenvalue weighted by molar-refractivity contribution is 7.45. The largest absolute Gasteiger partial charge is 0.756 e. The van der Waals surface area contributed by atoms with Gasteiger partial charge in [-0.25, -0.2) is 0 Å². The molecule has 10 heteroatoms. The molecule has 210 valence electrons. The summed E-state index contributed by atoms with van der Waals surface area (Å²) in [4.78, 5) is 12.1. The van der Waals surface area contributed by atoms with E-state index in [1.807, 2.05) is 21.1 Å². The lowest BCUT2D eigenvalue weighted by atomic mass is 10.1. The van der Waals surface area contributed by atoms with E-state index in [9.17, 15) is 9.46 Å². The number of likely N-dealkylation sites (N-methyl/N-ethyl adjacent to an activating group) is 1. The minimum absolute atomic E-state index is 0.0757. The Bertz CT molecular complexity index is 542. The van der Waals surface area contributed by atoms with E-state index in [4.69, 9.17) is 29.0 Å². The van der Waals surface area contributed by atoms with Gasteiger partial charge in [0.05, 0.1) is 34.4 Å². The Kier molecular flexibility index (Phi) is 18.8. The van der Waals surface area contributed by atoms with Crippen molar-refractivity contribution in [1.29, 1.82) is 0 Å². The number of rotatable bonds is 23. The first-order valence-corrected chi connectivity index (χ1v) is 15.1. The number of phosphoric acid groups is 1. The van der Waals surface area contributed by atoms with E-state index < -0.39 is 13.9 Å². The first kappa shape index (κ1) is 32.9. The van der Waals surface area contributed by atoms with Crippen molar-refractivity contribution < 1.29 is 37.2 Å². The SMILES string of the molecule is C[N+](C)(C)CCOP(=O)([O-])OC[C@@H](COCCCCCCCCCCCCN)OC1CCCCO1. The van der Waals surface area contributed by atoms with Crippen LogP contribution in [0.4, 0.5) is 0 Å². The summed E-state index contributed by atoms with van der Waals surface area (Å²) in [5, 5.41) is 0. The lowest BCUT2D eigenvalue weighted by molar-refractivity contribution is -0.870. The fourth-order valence-electron chi connectivity index (χ4n) is 3.78. The highest BCUT2D eigenvalue weighted by atomic mass is 31.2. The Morgan fingerprint density at radius 3 is 2.11 bits per heavy atom. The molecule has 1 saturated heterocycles. The Labute approximate surface area is 214 Å². The molecule has 0 aromatic carbocycles. The Morgan fingerprint density at radius 1 is 0.914 bits per heavy atom. The third-order valence-electron chi connectivity index (χ3n) is 5.96. The van der Waals surface area contributed by atoms with Crippen LogP contribution in [-0.4, -0.2) is 84.1 Å². The van der Waals surface area contributed by atoms with Gasteiger partial charge in [0.15, 0.2) is 6.29 Å². The maximum Gasteiger partial charge on any atom is 0.268 e. The molecule has 0 radical (unpaired) electrons. The zero-order chi connectivity index (χ0) is 25.8. The van der Waals surface area contributed by atoms with Crippen molar-refractivity contribution in [2.24, 2.45) is 5.73 Å². The van der Waals surface area contributed by atoms with Crippen molar-refractivity contribution in [3.05, 3.63) is 0 Å². The second-order valence-electron chi connectivity index (χ2n) is 10.5. The predicted molar refractivity (Wildman–Crippen MR) is 137 cm³/mol. The van der Waals surface area contributed by atoms with E-state index in [0.29, 0.717) is 24.2 Å². The van der Waals surface area contributed by atoms with E-state index in [1.165, 1.54) is 44.9 Å². The molecular weight excluding hydrogens is 471 g/mol. The molecule has 0 aliphatic carbocycles. The van der Waals surface area contributed by atoms with Crippen LogP contribution >= 0.6 is 7.82 Å². The molecule has 1 heterocycles. The molecule has 0 aromatic heterocycles. The molecular formula is C25H53N2O7P. The molecule has 1 fully saturated rings. The van der Waals surface area contributed by atoms with Gasteiger partial charge in [-0.05, 0) is 38.6 Å². The van der Waals surface area contributed by atoms with Crippen LogP contribution in [0, 0.1) is 0 Å². The lowest BCUT2D eigenvalue weighted by Gasteiger charge is -2.30. The van der Waals surface area contributed by atoms with Crippen LogP contribution in [0.2, 0.25) is 0 Å². The van der Waals surface area contributed by atoms with Gasteiger partial charge < -0.3 is 38.4 Å². The fraction of sp³-hybridized carbons (Fsp3) is 1.00. The minimum Gasteiger partial charge on any atom is -0.756 e. The van der Waals surface area contributed by atoms with E-state index >= 15 is 0 Å². The number of hydrogen-bond donors (Lipinski definition) is 1. The molecule has 0 saturated carbocycles. The lowest BCUT2D eigenvalue weighted by Crippen LogP contribution is -2.38. The molecule has 1 rings (SSSR count). The Morgan fingerprint density at radius 2 is 1.54 bits per heavy atom. The van der Waals surface area contributed by atoms with Crippen LogP contribution < -0.4 is 10.6 Å². The number of quaternary nitrogens is 1. The van der Waals surface area contributed by atoms with Gasteiger partial charge in [-0.15, -0.1) is 0 Å². The van der Waals surface area contributed by atoms with Crippen LogP contribution in [0.1, 0.15) is 83.5 Å². The molecule has 0 aromatic rings. The summed E-state index contributed by atoms with van der Waals surface area (Å²) in [5.41, 5.74) is 5.52. The number of phosphoric ester groups is 1. The average molecular weight is 525 g/mol. The molecule has 0 amide bonds. The second-order valence-corrected chi connectivity index (χ2v) is 12.0. The molecule has 2 N–H and O–H groups in total. The van der Waals surface area contributed by atoms with Gasteiger partial charge in [0.2, 0.25) is 0 Å². The molecule has 0 spiro atoms. The highest BCUT2D eigenvalue weighted by Gasteiger charge is 2.23. The van der Waals surface area contributed by atoms with Crippen LogP contribution in [0.5, 0.6) is 0 Å². The molecule has 3 atom stereocenters. The van der Waals surface area contributed by atoms with Crippen molar-refractivity contribution in [3.8, 4) is 0 Å². The quantitative estimate of drug-likeness (QED) is 0.121. The van der Waals surface area contributed by atoms with Gasteiger partial charge in [0.1, 0.15) is 19.3 Å². The van der Waals surface area contributed by atoms with E-state index in [2.05, 4.69) is 0 Å². The maximum atomic E-state index is 12.1. The molecule has 35 heavy (non-hydrogen) atoms. The van der Waals surface area contributed by atoms with Crippen LogP contribution in [0.15, 0.2) is 0 Å². The monoisotopic (exact) mass is 524 g/mol. The van der Waals surface area contributed by atoms with Gasteiger partial charge in [0.25, 0.3) is 7.82 Å². The Hall–Kier alpha value is -0.0900. The molecule has 9 nitrogen and oxygen atoms in total. The number of unbranched alkanes of at least 4 members (excludes halogenated alkanes) is 9. The summed E-state index contributed by atoms with van der Waals surface area (Å²) in [5.74, 6) is 0. The van der Waals surface area contributed by atoms with Crippen LogP contribution in [0.3, 0.4) is 0 Å². The number of hydrogen-bond acceptors (Lipinski definition) is 8. The normalized spacial score (nSPS) is 19.5. The first-order chi connectivity index (χ1) is 16.7. The molecule has 1 aliphatic rings. The summed E-state index contributed by atoms with van der Waals surface area (Å²) in [7, 11) is 1.51. The summed E-state index contributed by atoms with van der Waals surface area (Å²) in [6.07, 6.45) is 14.2. The van der Waals surface area contributed by atoms with Crippen molar-refractivity contribution in [2.45, 2.75) is 95.9 Å². The van der Waals surface area contributed by atoms with Crippen LogP contribution in [0.25, 0.3) is 0 Å². The van der Waals surface area contributed by atoms with Crippen LogP contribution in [-0.2, 0) is 27.8 Å². The summed E-state index contributed by atoms with van der Waals surface area (Å²) < 4.78 is 40.3. The number of nitrogens with zero attached hydrogens (tertiary/aromatic N) is 1. The molecule has 1 aliphatic heterocycles. The van der Waals surface area contributed by atoms with Crippen molar-refractivity contribution in [3.63, 3.8) is 0 Å². The van der Waals surface area contributed by atoms with Crippen molar-refractivity contribution >= 4 is 7.82 Å². The maximum absolute atomic E-state index is 12.1. The standard InChI is InChI=1S/C25H53N2O7P/c1-27(2,3)18-21-32-35(28,29)33-23-24(34-25-16-12-15-20-31-25)22-30-19-14-11-9-7-5-4-6-8-10-13-17-26/h24-25H,4-23,26H2,1-3H3/t24-,25?/m1/s1. The molecule has 0 bridgehead atoms. The molecule has 2 unspecified atom stereocenters. The number of ether oxygens (including phenoxy) is 3. The second kappa shape index (κ2) is 19.9. The van der Waals surface area contributed by atoms with E-state index in [0.717, 1.165) is 45.1 Å². The average Bonchev–Trinajstić information content (AvgIpc) is 2.80. The third-order valence-corrected chi connectivity index (χ3v) is 6.92. The van der Waals surface area contributed by atoms with Crippen molar-refractivity contribution in [1.82, 2.24) is 0 Å². The fourth-order valence-corrected chi connectivity index (χ4v) is 4.50. The zero-order valence-corrected chi connectivity index (χ0v) is 23.5. The summed E-state index contributed by atoms with van der Waals surface area (Å²) >= 11 is 0. The smallest absolute Gasteiger partial charge is 0.268 e. The Balaban J connectivity index is 2.22. The highest BCUT2D eigenvalue weighted by Crippen LogP contribution is 2.38. The van der Waals surface area contributed by atoms with E-state index in [1.54, 1.807) is 0 Å². The zero-order valence-electron chi connectivity index (χ0n) is 22.6. The summed E-state index contributed by atoms with van der Waals surface area (Å²) in [6, 6.07) is 0. The van der Waals surface area contributed by atoms with Crippen molar-refractivity contribution in [2.75, 3.05) is 67.3 Å². The van der Waals surface area contributed by atoms with Gasteiger partial charge >= 0.3 is 0 Å². The number of nitrogens with two attached hydrogens (primary N) is 1. The minimum atomic E-state index is -4.40.